The van der Waals surface area contributed by atoms with E-state index in [0.29, 0.717) is 13.2 Å². The molecule has 5 nitrogen and oxygen atoms in total. The summed E-state index contributed by atoms with van der Waals surface area (Å²) >= 11 is 0. The van der Waals surface area contributed by atoms with Crippen molar-refractivity contribution in [2.24, 2.45) is 4.99 Å². The first-order valence-electron chi connectivity index (χ1n) is 9.14. The second-order valence-electron chi connectivity index (χ2n) is 7.74. The smallest absolute Gasteiger partial charge is 0.191 e. The Morgan fingerprint density at radius 1 is 1.31 bits per heavy atom. The Labute approximate surface area is 175 Å². The zero-order valence-electron chi connectivity index (χ0n) is 16.7. The number of nitrogens with zero attached hydrogens (tertiary/aromatic N) is 1. The van der Waals surface area contributed by atoms with Gasteiger partial charge in [-0.3, -0.25) is 4.99 Å². The molecule has 2 atom stereocenters. The molecule has 148 valence electrons. The molecule has 26 heavy (non-hydrogen) atoms. The molecule has 1 heterocycles. The minimum Gasteiger partial charge on any atom is -0.379 e. The highest BCUT2D eigenvalue weighted by molar-refractivity contribution is 14.0. The molecule has 1 aliphatic rings. The number of benzene rings is 1. The van der Waals surface area contributed by atoms with Crippen molar-refractivity contribution in [3.63, 3.8) is 0 Å². The lowest BCUT2D eigenvalue weighted by molar-refractivity contribution is 0.0347. The quantitative estimate of drug-likeness (QED) is 0.376. The molecule has 1 saturated heterocycles. The predicted octanol–water partition coefficient (Wildman–Crippen LogP) is 3.46. The molecule has 0 aliphatic carbocycles. The van der Waals surface area contributed by atoms with Crippen LogP contribution in [0.3, 0.4) is 0 Å². The Hall–Kier alpha value is -0.860. The molecule has 0 radical (unpaired) electrons. The number of rotatable bonds is 6. The van der Waals surface area contributed by atoms with Crippen LogP contribution in [-0.2, 0) is 21.4 Å². The van der Waals surface area contributed by atoms with Gasteiger partial charge in [-0.1, -0.05) is 45.0 Å². The Morgan fingerprint density at radius 2 is 2.00 bits per heavy atom. The van der Waals surface area contributed by atoms with Gasteiger partial charge in [-0.05, 0) is 29.9 Å². The predicted molar refractivity (Wildman–Crippen MR) is 119 cm³/mol. The van der Waals surface area contributed by atoms with Gasteiger partial charge in [0.2, 0.25) is 0 Å². The van der Waals surface area contributed by atoms with E-state index < -0.39 is 0 Å². The van der Waals surface area contributed by atoms with Crippen LogP contribution >= 0.6 is 24.0 Å². The van der Waals surface area contributed by atoms with Gasteiger partial charge in [0.25, 0.3) is 0 Å². The van der Waals surface area contributed by atoms with Crippen molar-refractivity contribution >= 4 is 29.9 Å². The van der Waals surface area contributed by atoms with Crippen LogP contribution in [0.4, 0.5) is 0 Å². The highest BCUT2D eigenvalue weighted by Crippen LogP contribution is 2.22. The van der Waals surface area contributed by atoms with E-state index in [4.69, 9.17) is 9.47 Å². The maximum Gasteiger partial charge on any atom is 0.191 e. The van der Waals surface area contributed by atoms with E-state index in [9.17, 15) is 0 Å². The fourth-order valence-electron chi connectivity index (χ4n) is 2.70. The minimum atomic E-state index is 0. The molecular weight excluding hydrogens is 441 g/mol. The summed E-state index contributed by atoms with van der Waals surface area (Å²) in [4.78, 5) is 4.29. The average Bonchev–Trinajstić information content (AvgIpc) is 3.10. The second kappa shape index (κ2) is 11.1. The molecule has 2 N–H and O–H groups in total. The third kappa shape index (κ3) is 7.80. The zero-order valence-corrected chi connectivity index (χ0v) is 19.0. The molecule has 2 unspecified atom stereocenters. The van der Waals surface area contributed by atoms with Crippen LogP contribution in [0.5, 0.6) is 0 Å². The average molecular weight is 475 g/mol. The monoisotopic (exact) mass is 475 g/mol. The summed E-state index contributed by atoms with van der Waals surface area (Å²) in [5, 5.41) is 6.73. The van der Waals surface area contributed by atoms with Crippen molar-refractivity contribution in [1.29, 1.82) is 0 Å². The SMILES string of the molecule is CN=C(NCc1ccc(C(C)(C)C)cc1)NC(C)COC1CCOC1.I. The van der Waals surface area contributed by atoms with Crippen LogP contribution in [0, 0.1) is 0 Å². The first-order chi connectivity index (χ1) is 11.9. The molecular formula is C20H34IN3O2. The van der Waals surface area contributed by atoms with Crippen LogP contribution in [0.15, 0.2) is 29.3 Å². The van der Waals surface area contributed by atoms with Gasteiger partial charge in [0.15, 0.2) is 5.96 Å². The third-order valence-electron chi connectivity index (χ3n) is 4.36. The zero-order chi connectivity index (χ0) is 18.3. The van der Waals surface area contributed by atoms with Crippen LogP contribution in [0.2, 0.25) is 0 Å². The van der Waals surface area contributed by atoms with Crippen LogP contribution in [-0.4, -0.2) is 45.0 Å². The molecule has 0 saturated carbocycles. The summed E-state index contributed by atoms with van der Waals surface area (Å²) in [5.41, 5.74) is 2.77. The Balaban J connectivity index is 0.00000338. The van der Waals surface area contributed by atoms with Gasteiger partial charge < -0.3 is 20.1 Å². The van der Waals surface area contributed by atoms with Crippen LogP contribution < -0.4 is 10.6 Å². The van der Waals surface area contributed by atoms with Gasteiger partial charge in [0.05, 0.1) is 19.3 Å². The standard InChI is InChI=1S/C20H33N3O2.HI/c1-15(13-25-18-10-11-24-14-18)23-19(21-5)22-12-16-6-8-17(9-7-16)20(2,3)4;/h6-9,15,18H,10-14H2,1-5H3,(H2,21,22,23);1H. The van der Waals surface area contributed by atoms with Crippen molar-refractivity contribution in [2.75, 3.05) is 26.9 Å². The van der Waals surface area contributed by atoms with Gasteiger partial charge >= 0.3 is 0 Å². The fraction of sp³-hybridized carbons (Fsp3) is 0.650. The minimum absolute atomic E-state index is 0. The molecule has 0 bridgehead atoms. The molecule has 0 spiro atoms. The van der Waals surface area contributed by atoms with E-state index in [0.717, 1.165) is 25.5 Å². The number of hydrogen-bond donors (Lipinski definition) is 2. The maximum absolute atomic E-state index is 5.85. The van der Waals surface area contributed by atoms with E-state index in [2.05, 4.69) is 67.6 Å². The number of nitrogens with one attached hydrogen (secondary N) is 2. The van der Waals surface area contributed by atoms with Gasteiger partial charge in [-0.15, -0.1) is 24.0 Å². The molecule has 1 aromatic rings. The fourth-order valence-corrected chi connectivity index (χ4v) is 2.70. The van der Waals surface area contributed by atoms with Crippen molar-refractivity contribution in [1.82, 2.24) is 10.6 Å². The van der Waals surface area contributed by atoms with Crippen LogP contribution in [0.25, 0.3) is 0 Å². The number of aliphatic imine (C=N–C) groups is 1. The number of halogens is 1. The molecule has 6 heteroatoms. The summed E-state index contributed by atoms with van der Waals surface area (Å²) in [6.45, 7) is 11.7. The molecule has 1 aliphatic heterocycles. The summed E-state index contributed by atoms with van der Waals surface area (Å²) in [6, 6.07) is 8.94. The molecule has 1 fully saturated rings. The molecule has 0 aromatic heterocycles. The van der Waals surface area contributed by atoms with E-state index in [-0.39, 0.29) is 41.5 Å². The molecule has 2 rings (SSSR count). The first-order valence-corrected chi connectivity index (χ1v) is 9.14. The van der Waals surface area contributed by atoms with E-state index in [1.165, 1.54) is 11.1 Å². The maximum atomic E-state index is 5.85. The van der Waals surface area contributed by atoms with Crippen LogP contribution in [0.1, 0.15) is 45.2 Å². The van der Waals surface area contributed by atoms with Crippen molar-refractivity contribution < 1.29 is 9.47 Å². The van der Waals surface area contributed by atoms with Gasteiger partial charge in [0, 0.05) is 26.2 Å². The number of ether oxygens (including phenoxy) is 2. The summed E-state index contributed by atoms with van der Waals surface area (Å²) < 4.78 is 11.2. The highest BCUT2D eigenvalue weighted by Gasteiger charge is 2.17. The lowest BCUT2D eigenvalue weighted by Crippen LogP contribution is -2.44. The first kappa shape index (κ1) is 23.2. The van der Waals surface area contributed by atoms with Crippen molar-refractivity contribution in [3.8, 4) is 0 Å². The van der Waals surface area contributed by atoms with Crippen molar-refractivity contribution in [3.05, 3.63) is 35.4 Å². The summed E-state index contributed by atoms with van der Waals surface area (Å²) in [6.07, 6.45) is 1.23. The van der Waals surface area contributed by atoms with E-state index in [1.807, 2.05) is 0 Å². The van der Waals surface area contributed by atoms with Gasteiger partial charge in [0.1, 0.15) is 0 Å². The number of hydrogen-bond acceptors (Lipinski definition) is 3. The largest absolute Gasteiger partial charge is 0.379 e. The topological polar surface area (TPSA) is 54.9 Å². The summed E-state index contributed by atoms with van der Waals surface area (Å²) in [7, 11) is 1.79. The Morgan fingerprint density at radius 3 is 2.54 bits per heavy atom. The third-order valence-corrected chi connectivity index (χ3v) is 4.36. The lowest BCUT2D eigenvalue weighted by Gasteiger charge is -2.21. The number of guanidine groups is 1. The van der Waals surface area contributed by atoms with Gasteiger partial charge in [-0.2, -0.15) is 0 Å². The normalized spacial score (nSPS) is 19.0. The van der Waals surface area contributed by atoms with Gasteiger partial charge in [-0.25, -0.2) is 0 Å². The lowest BCUT2D eigenvalue weighted by atomic mass is 9.87. The Kier molecular flexibility index (Phi) is 9.89. The molecule has 1 aromatic carbocycles. The highest BCUT2D eigenvalue weighted by atomic mass is 127. The summed E-state index contributed by atoms with van der Waals surface area (Å²) in [5.74, 6) is 0.790. The van der Waals surface area contributed by atoms with Crippen molar-refractivity contribution in [2.45, 2.75) is 58.2 Å². The molecule has 0 amide bonds. The Bertz CT molecular complexity index is 549. The van der Waals surface area contributed by atoms with E-state index >= 15 is 0 Å². The van der Waals surface area contributed by atoms with E-state index in [1.54, 1.807) is 7.05 Å². The second-order valence-corrected chi connectivity index (χ2v) is 7.74.